The first-order chi connectivity index (χ1) is 9.32. The van der Waals surface area contributed by atoms with Crippen molar-refractivity contribution in [3.8, 4) is 11.1 Å². The third kappa shape index (κ3) is 2.82. The third-order valence-electron chi connectivity index (χ3n) is 3.36. The van der Waals surface area contributed by atoms with E-state index in [1.54, 1.807) is 38.1 Å². The zero-order valence-corrected chi connectivity index (χ0v) is 12.7. The van der Waals surface area contributed by atoms with Gasteiger partial charge in [-0.3, -0.25) is 4.79 Å². The van der Waals surface area contributed by atoms with Crippen molar-refractivity contribution in [1.82, 2.24) is 0 Å². The largest absolute Gasteiger partial charge is 0.481 e. The molecule has 0 spiro atoms. The van der Waals surface area contributed by atoms with E-state index in [0.29, 0.717) is 10.0 Å². The molecular formula is C16H14Cl2O2. The molecule has 20 heavy (non-hydrogen) atoms. The minimum atomic E-state index is -0.957. The first-order valence-electron chi connectivity index (χ1n) is 6.12. The molecule has 0 aliphatic rings. The second-order valence-electron chi connectivity index (χ2n) is 5.14. The third-order valence-corrected chi connectivity index (χ3v) is 3.92. The Labute approximate surface area is 128 Å². The summed E-state index contributed by atoms with van der Waals surface area (Å²) in [5.74, 6) is -0.869. The number of carbonyl (C=O) groups is 1. The normalized spacial score (nSPS) is 11.4. The fraction of sp³-hybridized carbons (Fsp3) is 0.188. The smallest absolute Gasteiger partial charge is 0.313 e. The van der Waals surface area contributed by atoms with Gasteiger partial charge in [0.2, 0.25) is 0 Å². The maximum absolute atomic E-state index is 11.3. The lowest BCUT2D eigenvalue weighted by Crippen LogP contribution is -2.28. The highest BCUT2D eigenvalue weighted by Crippen LogP contribution is 2.33. The molecule has 0 saturated carbocycles. The molecule has 0 aromatic heterocycles. The molecule has 0 heterocycles. The lowest BCUT2D eigenvalue weighted by atomic mass is 9.83. The predicted molar refractivity (Wildman–Crippen MR) is 82.6 cm³/mol. The Morgan fingerprint density at radius 1 is 1.10 bits per heavy atom. The van der Waals surface area contributed by atoms with Crippen molar-refractivity contribution in [3.63, 3.8) is 0 Å². The highest BCUT2D eigenvalue weighted by Gasteiger charge is 2.29. The number of carboxylic acids is 1. The Morgan fingerprint density at radius 2 is 1.80 bits per heavy atom. The van der Waals surface area contributed by atoms with Gasteiger partial charge < -0.3 is 5.11 Å². The highest BCUT2D eigenvalue weighted by molar-refractivity contribution is 6.35. The number of carboxylic acid groups (broad SMARTS) is 1. The SMILES string of the molecule is CC(C)(C(=O)O)c1cccc(-c2cc(Cl)ccc2Cl)c1. The van der Waals surface area contributed by atoms with E-state index in [4.69, 9.17) is 23.2 Å². The van der Waals surface area contributed by atoms with E-state index in [2.05, 4.69) is 0 Å². The first-order valence-corrected chi connectivity index (χ1v) is 6.87. The Kier molecular flexibility index (Phi) is 4.07. The number of hydrogen-bond donors (Lipinski definition) is 1. The minimum Gasteiger partial charge on any atom is -0.481 e. The summed E-state index contributed by atoms with van der Waals surface area (Å²) in [5, 5.41) is 10.5. The predicted octanol–water partition coefficient (Wildman–Crippen LogP) is 5.02. The van der Waals surface area contributed by atoms with Crippen molar-refractivity contribution in [3.05, 3.63) is 58.1 Å². The fourth-order valence-electron chi connectivity index (χ4n) is 1.92. The van der Waals surface area contributed by atoms with Crippen LogP contribution in [0.5, 0.6) is 0 Å². The summed E-state index contributed by atoms with van der Waals surface area (Å²) >= 11 is 12.2. The molecule has 0 radical (unpaired) electrons. The molecule has 0 fully saturated rings. The lowest BCUT2D eigenvalue weighted by Gasteiger charge is -2.20. The quantitative estimate of drug-likeness (QED) is 0.864. The Morgan fingerprint density at radius 3 is 2.45 bits per heavy atom. The number of halogens is 2. The van der Waals surface area contributed by atoms with Gasteiger partial charge >= 0.3 is 5.97 Å². The summed E-state index contributed by atoms with van der Waals surface area (Å²) < 4.78 is 0. The summed E-state index contributed by atoms with van der Waals surface area (Å²) in [6.45, 7) is 3.35. The molecule has 2 aromatic rings. The second-order valence-corrected chi connectivity index (χ2v) is 5.98. The van der Waals surface area contributed by atoms with E-state index >= 15 is 0 Å². The fourth-order valence-corrected chi connectivity index (χ4v) is 2.32. The molecule has 0 saturated heterocycles. The van der Waals surface area contributed by atoms with Gasteiger partial charge in [0.15, 0.2) is 0 Å². The molecule has 104 valence electrons. The van der Waals surface area contributed by atoms with E-state index in [1.807, 2.05) is 18.2 Å². The van der Waals surface area contributed by atoms with Gasteiger partial charge in [-0.2, -0.15) is 0 Å². The van der Waals surface area contributed by atoms with Crippen molar-refractivity contribution in [2.75, 3.05) is 0 Å². The van der Waals surface area contributed by atoms with Crippen LogP contribution in [0.1, 0.15) is 19.4 Å². The summed E-state index contributed by atoms with van der Waals surface area (Å²) in [6, 6.07) is 12.6. The second kappa shape index (κ2) is 5.47. The van der Waals surface area contributed by atoms with Gasteiger partial charge in [-0.15, -0.1) is 0 Å². The van der Waals surface area contributed by atoms with Crippen LogP contribution in [0.3, 0.4) is 0 Å². The number of aliphatic carboxylic acids is 1. The minimum absolute atomic E-state index is 0.583. The van der Waals surface area contributed by atoms with Crippen LogP contribution in [0.15, 0.2) is 42.5 Å². The summed E-state index contributed by atoms with van der Waals surface area (Å²) in [5.41, 5.74) is 1.41. The van der Waals surface area contributed by atoms with E-state index in [-0.39, 0.29) is 0 Å². The zero-order valence-electron chi connectivity index (χ0n) is 11.2. The molecule has 0 bridgehead atoms. The van der Waals surface area contributed by atoms with Crippen molar-refractivity contribution < 1.29 is 9.90 Å². The average molecular weight is 309 g/mol. The Balaban J connectivity index is 2.55. The van der Waals surface area contributed by atoms with Crippen LogP contribution in [0.4, 0.5) is 0 Å². The van der Waals surface area contributed by atoms with Crippen molar-refractivity contribution >= 4 is 29.2 Å². The average Bonchev–Trinajstić information content (AvgIpc) is 2.41. The number of rotatable bonds is 3. The van der Waals surface area contributed by atoms with Crippen LogP contribution in [-0.2, 0) is 10.2 Å². The van der Waals surface area contributed by atoms with Crippen molar-refractivity contribution in [2.45, 2.75) is 19.3 Å². The molecule has 2 aromatic carbocycles. The van der Waals surface area contributed by atoms with Crippen LogP contribution in [-0.4, -0.2) is 11.1 Å². The van der Waals surface area contributed by atoms with Crippen LogP contribution in [0, 0.1) is 0 Å². The van der Waals surface area contributed by atoms with E-state index in [1.165, 1.54) is 0 Å². The van der Waals surface area contributed by atoms with Gasteiger partial charge in [-0.05, 0) is 49.2 Å². The summed E-state index contributed by atoms with van der Waals surface area (Å²) in [4.78, 5) is 11.3. The molecule has 2 rings (SSSR count). The highest BCUT2D eigenvalue weighted by atomic mass is 35.5. The molecule has 0 atom stereocenters. The van der Waals surface area contributed by atoms with Gasteiger partial charge in [0.25, 0.3) is 0 Å². The van der Waals surface area contributed by atoms with E-state index in [0.717, 1.165) is 16.7 Å². The monoisotopic (exact) mass is 308 g/mol. The van der Waals surface area contributed by atoms with Crippen LogP contribution in [0.2, 0.25) is 10.0 Å². The molecular weight excluding hydrogens is 295 g/mol. The molecule has 1 N–H and O–H groups in total. The van der Waals surface area contributed by atoms with E-state index < -0.39 is 11.4 Å². The molecule has 2 nitrogen and oxygen atoms in total. The molecule has 0 amide bonds. The van der Waals surface area contributed by atoms with Crippen LogP contribution >= 0.6 is 23.2 Å². The van der Waals surface area contributed by atoms with Gasteiger partial charge in [0.1, 0.15) is 0 Å². The topological polar surface area (TPSA) is 37.3 Å². The Hall–Kier alpha value is -1.51. The van der Waals surface area contributed by atoms with E-state index in [9.17, 15) is 9.90 Å². The number of hydrogen-bond acceptors (Lipinski definition) is 1. The van der Waals surface area contributed by atoms with Gasteiger partial charge in [-0.1, -0.05) is 41.4 Å². The van der Waals surface area contributed by atoms with Crippen LogP contribution < -0.4 is 0 Å². The van der Waals surface area contributed by atoms with Crippen molar-refractivity contribution in [1.29, 1.82) is 0 Å². The van der Waals surface area contributed by atoms with Crippen molar-refractivity contribution in [2.24, 2.45) is 0 Å². The maximum atomic E-state index is 11.3. The molecule has 4 heteroatoms. The van der Waals surface area contributed by atoms with Gasteiger partial charge in [-0.25, -0.2) is 0 Å². The first kappa shape index (κ1) is 14.9. The van der Waals surface area contributed by atoms with Gasteiger partial charge in [0.05, 0.1) is 5.41 Å². The molecule has 0 aliphatic heterocycles. The lowest BCUT2D eigenvalue weighted by molar-refractivity contribution is -0.142. The summed E-state index contributed by atoms with van der Waals surface area (Å²) in [7, 11) is 0. The van der Waals surface area contributed by atoms with Gasteiger partial charge in [0, 0.05) is 15.6 Å². The molecule has 0 unspecified atom stereocenters. The standard InChI is InChI=1S/C16H14Cl2O2/c1-16(2,15(19)20)11-5-3-4-10(8-11)13-9-12(17)6-7-14(13)18/h3-9H,1-2H3,(H,19,20). The summed E-state index contributed by atoms with van der Waals surface area (Å²) in [6.07, 6.45) is 0. The molecule has 0 aliphatic carbocycles. The van der Waals surface area contributed by atoms with Crippen LogP contribution in [0.25, 0.3) is 11.1 Å². The number of benzene rings is 2. The zero-order chi connectivity index (χ0) is 14.9. The maximum Gasteiger partial charge on any atom is 0.313 e. The Bertz CT molecular complexity index is 663.